The first-order valence-corrected chi connectivity index (χ1v) is 16.4. The first-order chi connectivity index (χ1) is 20.4. The standard InChI is InChI=1S/C40H66O4.CH4/c1-14-41-24-26-43-22-18-16-20-37(6,7)31-39(10,11)34-28-33(36(3,4)5)29-35(30-34)40(12,13)32-38(8,9)21-17-19-23-44-27-25-42-15-2;/h14-19,28-30H,1-2,20-27,31-32H2,3-13H3;1H4/b18-16+,19-17+;. The van der Waals surface area contributed by atoms with Crippen molar-refractivity contribution in [2.24, 2.45) is 10.8 Å². The molecular formula is C41H70O4. The van der Waals surface area contributed by atoms with Crippen molar-refractivity contribution < 1.29 is 18.9 Å². The molecule has 0 spiro atoms. The Hall–Kier alpha value is -2.30. The molecule has 0 saturated carbocycles. The molecule has 258 valence electrons. The van der Waals surface area contributed by atoms with Crippen LogP contribution in [0, 0.1) is 10.8 Å². The van der Waals surface area contributed by atoms with Crippen LogP contribution in [-0.4, -0.2) is 39.6 Å². The molecule has 0 bridgehead atoms. The van der Waals surface area contributed by atoms with Crippen molar-refractivity contribution in [3.05, 3.63) is 84.9 Å². The van der Waals surface area contributed by atoms with Gasteiger partial charge in [-0.15, -0.1) is 0 Å². The molecule has 1 aromatic rings. The first-order valence-electron chi connectivity index (χ1n) is 16.4. The lowest BCUT2D eigenvalue weighted by atomic mass is 9.66. The molecule has 0 unspecified atom stereocenters. The van der Waals surface area contributed by atoms with Gasteiger partial charge in [0.25, 0.3) is 0 Å². The molecule has 0 saturated heterocycles. The Morgan fingerprint density at radius 3 is 1.22 bits per heavy atom. The maximum absolute atomic E-state index is 5.62. The molecule has 0 amide bonds. The van der Waals surface area contributed by atoms with E-state index in [-0.39, 0.29) is 34.5 Å². The number of benzene rings is 1. The van der Waals surface area contributed by atoms with Crippen molar-refractivity contribution in [1.82, 2.24) is 0 Å². The summed E-state index contributed by atoms with van der Waals surface area (Å²) < 4.78 is 21.5. The molecule has 0 N–H and O–H groups in total. The molecule has 0 radical (unpaired) electrons. The third kappa shape index (κ3) is 17.3. The van der Waals surface area contributed by atoms with E-state index in [9.17, 15) is 0 Å². The van der Waals surface area contributed by atoms with E-state index < -0.39 is 0 Å². The van der Waals surface area contributed by atoms with E-state index in [2.05, 4.69) is 132 Å². The largest absolute Gasteiger partial charge is 0.499 e. The lowest BCUT2D eigenvalue weighted by Gasteiger charge is -2.39. The normalized spacial score (nSPS) is 13.2. The van der Waals surface area contributed by atoms with Gasteiger partial charge in [-0.3, -0.25) is 0 Å². The zero-order valence-electron chi connectivity index (χ0n) is 30.3. The molecule has 0 heterocycles. The van der Waals surface area contributed by atoms with Gasteiger partial charge in [-0.05, 0) is 69.4 Å². The van der Waals surface area contributed by atoms with E-state index in [0.717, 1.165) is 25.7 Å². The van der Waals surface area contributed by atoms with E-state index in [0.29, 0.717) is 39.6 Å². The molecule has 0 aliphatic rings. The Kier molecular flexibility index (Phi) is 18.4. The van der Waals surface area contributed by atoms with Crippen LogP contribution in [0.5, 0.6) is 0 Å². The monoisotopic (exact) mass is 627 g/mol. The van der Waals surface area contributed by atoms with Crippen molar-refractivity contribution in [3.8, 4) is 0 Å². The summed E-state index contributed by atoms with van der Waals surface area (Å²) in [4.78, 5) is 0. The summed E-state index contributed by atoms with van der Waals surface area (Å²) in [6.45, 7) is 36.7. The lowest BCUT2D eigenvalue weighted by molar-refractivity contribution is 0.102. The highest BCUT2D eigenvalue weighted by Crippen LogP contribution is 2.44. The molecule has 0 aliphatic heterocycles. The summed E-state index contributed by atoms with van der Waals surface area (Å²) in [7, 11) is 0. The molecular weight excluding hydrogens is 556 g/mol. The quantitative estimate of drug-likeness (QED) is 0.0729. The number of allylic oxidation sites excluding steroid dienone is 2. The predicted molar refractivity (Wildman–Crippen MR) is 196 cm³/mol. The van der Waals surface area contributed by atoms with Crippen LogP contribution in [0.1, 0.15) is 126 Å². The van der Waals surface area contributed by atoms with Crippen LogP contribution in [0.4, 0.5) is 0 Å². The Bertz CT molecular complexity index is 976. The number of hydrogen-bond acceptors (Lipinski definition) is 4. The van der Waals surface area contributed by atoms with Gasteiger partial charge < -0.3 is 18.9 Å². The summed E-state index contributed by atoms with van der Waals surface area (Å²) in [6, 6.07) is 7.45. The average molecular weight is 627 g/mol. The minimum atomic E-state index is 0. The second-order valence-electron chi connectivity index (χ2n) is 16.1. The van der Waals surface area contributed by atoms with Crippen molar-refractivity contribution >= 4 is 0 Å². The van der Waals surface area contributed by atoms with Gasteiger partial charge in [0.1, 0.15) is 13.2 Å². The highest BCUT2D eigenvalue weighted by Gasteiger charge is 2.34. The summed E-state index contributed by atoms with van der Waals surface area (Å²) >= 11 is 0. The third-order valence-corrected chi connectivity index (χ3v) is 8.23. The number of ether oxygens (including phenoxy) is 4. The predicted octanol–water partition coefficient (Wildman–Crippen LogP) is 11.3. The summed E-state index contributed by atoms with van der Waals surface area (Å²) in [5.74, 6) is 0. The molecule has 1 rings (SSSR count). The van der Waals surface area contributed by atoms with Crippen molar-refractivity contribution in [2.45, 2.75) is 126 Å². The van der Waals surface area contributed by atoms with Gasteiger partial charge in [0.2, 0.25) is 0 Å². The second-order valence-corrected chi connectivity index (χ2v) is 16.1. The van der Waals surface area contributed by atoms with E-state index >= 15 is 0 Å². The summed E-state index contributed by atoms with van der Waals surface area (Å²) in [6.07, 6.45) is 15.9. The molecule has 0 aliphatic carbocycles. The van der Waals surface area contributed by atoms with Crippen LogP contribution < -0.4 is 0 Å². The fourth-order valence-electron chi connectivity index (χ4n) is 6.21. The van der Waals surface area contributed by atoms with Crippen LogP contribution >= 0.6 is 0 Å². The van der Waals surface area contributed by atoms with Crippen LogP contribution in [0.2, 0.25) is 0 Å². The molecule has 0 fully saturated rings. The average Bonchev–Trinajstić information content (AvgIpc) is 2.89. The van der Waals surface area contributed by atoms with E-state index in [1.807, 2.05) is 0 Å². The zero-order valence-corrected chi connectivity index (χ0v) is 30.3. The van der Waals surface area contributed by atoms with Gasteiger partial charge >= 0.3 is 0 Å². The van der Waals surface area contributed by atoms with Gasteiger partial charge in [0.05, 0.1) is 39.0 Å². The van der Waals surface area contributed by atoms with Gasteiger partial charge in [-0.1, -0.05) is 139 Å². The molecule has 4 heteroatoms. The van der Waals surface area contributed by atoms with Gasteiger partial charge in [-0.25, -0.2) is 0 Å². The van der Waals surface area contributed by atoms with Crippen molar-refractivity contribution in [3.63, 3.8) is 0 Å². The smallest absolute Gasteiger partial charge is 0.111 e. The van der Waals surface area contributed by atoms with E-state index in [4.69, 9.17) is 18.9 Å². The molecule has 1 aromatic carbocycles. The number of rotatable bonds is 22. The summed E-state index contributed by atoms with van der Waals surface area (Å²) in [5, 5.41) is 0. The maximum Gasteiger partial charge on any atom is 0.111 e. The highest BCUT2D eigenvalue weighted by molar-refractivity contribution is 5.41. The van der Waals surface area contributed by atoms with E-state index in [1.54, 1.807) is 0 Å². The van der Waals surface area contributed by atoms with Crippen LogP contribution in [0.3, 0.4) is 0 Å². The van der Waals surface area contributed by atoms with Gasteiger partial charge in [-0.2, -0.15) is 0 Å². The molecule has 4 nitrogen and oxygen atoms in total. The molecule has 0 aromatic heterocycles. The van der Waals surface area contributed by atoms with Gasteiger partial charge in [0.15, 0.2) is 0 Å². The minimum Gasteiger partial charge on any atom is -0.499 e. The van der Waals surface area contributed by atoms with Gasteiger partial charge in [0, 0.05) is 0 Å². The van der Waals surface area contributed by atoms with Crippen LogP contribution in [0.15, 0.2) is 68.2 Å². The Morgan fingerprint density at radius 2 is 0.889 bits per heavy atom. The second kappa shape index (κ2) is 19.4. The first kappa shape index (κ1) is 42.7. The van der Waals surface area contributed by atoms with Crippen molar-refractivity contribution in [2.75, 3.05) is 39.6 Å². The highest BCUT2D eigenvalue weighted by atomic mass is 16.5. The lowest BCUT2D eigenvalue weighted by Crippen LogP contribution is -2.30. The Morgan fingerprint density at radius 1 is 0.533 bits per heavy atom. The zero-order chi connectivity index (χ0) is 33.5. The van der Waals surface area contributed by atoms with E-state index in [1.165, 1.54) is 29.2 Å². The third-order valence-electron chi connectivity index (χ3n) is 8.23. The van der Waals surface area contributed by atoms with Crippen LogP contribution in [0.25, 0.3) is 0 Å². The topological polar surface area (TPSA) is 36.9 Å². The van der Waals surface area contributed by atoms with Crippen molar-refractivity contribution in [1.29, 1.82) is 0 Å². The minimum absolute atomic E-state index is 0. The fraction of sp³-hybridized carbons (Fsp3) is 0.659. The Balaban J connectivity index is 0.0000194. The van der Waals surface area contributed by atoms with Crippen LogP contribution in [-0.2, 0) is 35.2 Å². The molecule has 0 atom stereocenters. The molecule has 45 heavy (non-hydrogen) atoms. The maximum atomic E-state index is 5.62. The SMILES string of the molecule is C.C=COCCOC/C=C/CC(C)(C)CC(C)(C)c1cc(C(C)(C)C)cc(C(C)(C)CC(C)(C)C/C=C/COCCOC=C)c1. The Labute approximate surface area is 279 Å². The number of hydrogen-bond donors (Lipinski definition) is 0. The summed E-state index contributed by atoms with van der Waals surface area (Å²) in [5.41, 5.74) is 4.70. The fourth-order valence-corrected chi connectivity index (χ4v) is 6.21.